The Morgan fingerprint density at radius 2 is 2.07 bits per heavy atom. The molecule has 0 radical (unpaired) electrons. The van der Waals surface area contributed by atoms with Gasteiger partial charge in [-0.15, -0.1) is 0 Å². The third-order valence-corrected chi connectivity index (χ3v) is 2.67. The standard InChI is InChI=1S/C9H10BrFO3/c1-13-7-3-6(11)8(10)5(4-12)9(7)14-2/h3,12H,4H2,1-2H3. The molecule has 5 heteroatoms. The molecule has 0 atom stereocenters. The zero-order valence-corrected chi connectivity index (χ0v) is 9.39. The largest absolute Gasteiger partial charge is 0.493 e. The van der Waals surface area contributed by atoms with Crippen LogP contribution in [0.25, 0.3) is 0 Å². The molecule has 3 nitrogen and oxygen atoms in total. The Morgan fingerprint density at radius 3 is 2.50 bits per heavy atom. The van der Waals surface area contributed by atoms with E-state index in [9.17, 15) is 4.39 Å². The zero-order chi connectivity index (χ0) is 10.7. The van der Waals surface area contributed by atoms with Gasteiger partial charge in [-0.05, 0) is 15.9 Å². The fourth-order valence-corrected chi connectivity index (χ4v) is 1.57. The van der Waals surface area contributed by atoms with Crippen LogP contribution >= 0.6 is 15.9 Å². The lowest BCUT2D eigenvalue weighted by Crippen LogP contribution is -1.99. The number of ether oxygens (including phenoxy) is 2. The number of rotatable bonds is 3. The van der Waals surface area contributed by atoms with Gasteiger partial charge in [0.25, 0.3) is 0 Å². The second kappa shape index (κ2) is 4.61. The van der Waals surface area contributed by atoms with Gasteiger partial charge >= 0.3 is 0 Å². The van der Waals surface area contributed by atoms with Gasteiger partial charge in [-0.1, -0.05) is 0 Å². The van der Waals surface area contributed by atoms with E-state index < -0.39 is 5.82 Å². The highest BCUT2D eigenvalue weighted by Crippen LogP contribution is 2.37. The summed E-state index contributed by atoms with van der Waals surface area (Å²) in [5.74, 6) is 0.104. The first kappa shape index (κ1) is 11.3. The van der Waals surface area contributed by atoms with Gasteiger partial charge in [-0.2, -0.15) is 0 Å². The quantitative estimate of drug-likeness (QED) is 0.909. The van der Waals surface area contributed by atoms with E-state index in [2.05, 4.69) is 15.9 Å². The first-order valence-electron chi connectivity index (χ1n) is 3.85. The lowest BCUT2D eigenvalue weighted by Gasteiger charge is -2.13. The first-order chi connectivity index (χ1) is 6.65. The fraction of sp³-hybridized carbons (Fsp3) is 0.333. The third-order valence-electron chi connectivity index (χ3n) is 1.81. The Bertz CT molecular complexity index is 341. The van der Waals surface area contributed by atoms with Gasteiger partial charge in [-0.25, -0.2) is 4.39 Å². The minimum Gasteiger partial charge on any atom is -0.493 e. The van der Waals surface area contributed by atoms with Crippen molar-refractivity contribution < 1.29 is 19.0 Å². The molecule has 1 aromatic rings. The minimum atomic E-state index is -0.494. The Kier molecular flexibility index (Phi) is 3.71. The Hall–Kier alpha value is -0.810. The molecule has 0 amide bonds. The van der Waals surface area contributed by atoms with Gasteiger partial charge < -0.3 is 14.6 Å². The summed E-state index contributed by atoms with van der Waals surface area (Å²) >= 11 is 3.02. The normalized spacial score (nSPS) is 10.1. The molecule has 0 heterocycles. The Morgan fingerprint density at radius 1 is 1.43 bits per heavy atom. The maximum absolute atomic E-state index is 13.2. The topological polar surface area (TPSA) is 38.7 Å². The second-order valence-electron chi connectivity index (χ2n) is 2.54. The summed E-state index contributed by atoms with van der Waals surface area (Å²) < 4.78 is 23.4. The highest BCUT2D eigenvalue weighted by atomic mass is 79.9. The van der Waals surface area contributed by atoms with Crippen LogP contribution in [-0.4, -0.2) is 19.3 Å². The number of methoxy groups -OCH3 is 2. The second-order valence-corrected chi connectivity index (χ2v) is 3.34. The predicted octanol–water partition coefficient (Wildman–Crippen LogP) is 2.10. The summed E-state index contributed by atoms with van der Waals surface area (Å²) in [7, 11) is 2.84. The molecule has 0 saturated carbocycles. The van der Waals surface area contributed by atoms with E-state index in [1.165, 1.54) is 20.3 Å². The maximum Gasteiger partial charge on any atom is 0.167 e. The smallest absolute Gasteiger partial charge is 0.167 e. The number of hydrogen-bond acceptors (Lipinski definition) is 3. The first-order valence-corrected chi connectivity index (χ1v) is 4.64. The van der Waals surface area contributed by atoms with E-state index in [0.29, 0.717) is 11.3 Å². The van der Waals surface area contributed by atoms with Gasteiger partial charge in [0.1, 0.15) is 5.82 Å². The van der Waals surface area contributed by atoms with E-state index in [1.807, 2.05) is 0 Å². The van der Waals surface area contributed by atoms with E-state index in [4.69, 9.17) is 14.6 Å². The van der Waals surface area contributed by atoms with E-state index in [1.54, 1.807) is 0 Å². The van der Waals surface area contributed by atoms with Crippen molar-refractivity contribution in [2.24, 2.45) is 0 Å². The van der Waals surface area contributed by atoms with Gasteiger partial charge in [-0.3, -0.25) is 0 Å². The summed E-state index contributed by atoms with van der Waals surface area (Å²) in [6, 6.07) is 1.20. The van der Waals surface area contributed by atoms with Gasteiger partial charge in [0, 0.05) is 11.6 Å². The van der Waals surface area contributed by atoms with Crippen molar-refractivity contribution in [1.29, 1.82) is 0 Å². The molecule has 78 valence electrons. The van der Waals surface area contributed by atoms with Crippen molar-refractivity contribution >= 4 is 15.9 Å². The summed E-state index contributed by atoms with van der Waals surface area (Å²) in [5, 5.41) is 9.04. The molecule has 14 heavy (non-hydrogen) atoms. The lowest BCUT2D eigenvalue weighted by atomic mass is 10.2. The van der Waals surface area contributed by atoms with Crippen LogP contribution < -0.4 is 9.47 Å². The molecule has 0 unspecified atom stereocenters. The van der Waals surface area contributed by atoms with Crippen LogP contribution in [-0.2, 0) is 6.61 Å². The number of halogens is 2. The number of aliphatic hydroxyl groups excluding tert-OH is 1. The van der Waals surface area contributed by atoms with Crippen molar-refractivity contribution in [3.8, 4) is 11.5 Å². The van der Waals surface area contributed by atoms with Gasteiger partial charge in [0.05, 0.1) is 25.3 Å². The van der Waals surface area contributed by atoms with E-state index in [-0.39, 0.29) is 16.8 Å². The van der Waals surface area contributed by atoms with Crippen LogP contribution in [0.1, 0.15) is 5.56 Å². The molecular formula is C9H10BrFO3. The molecule has 1 aromatic carbocycles. The maximum atomic E-state index is 13.2. The van der Waals surface area contributed by atoms with Crippen LogP contribution in [0.2, 0.25) is 0 Å². The molecule has 0 aliphatic heterocycles. The van der Waals surface area contributed by atoms with Crippen LogP contribution in [0, 0.1) is 5.82 Å². The Labute approximate surface area is 89.6 Å². The highest BCUT2D eigenvalue weighted by Gasteiger charge is 2.17. The van der Waals surface area contributed by atoms with Gasteiger partial charge in [0.15, 0.2) is 11.5 Å². The van der Waals surface area contributed by atoms with Crippen molar-refractivity contribution in [1.82, 2.24) is 0 Å². The fourth-order valence-electron chi connectivity index (χ4n) is 1.15. The van der Waals surface area contributed by atoms with Crippen molar-refractivity contribution in [3.63, 3.8) is 0 Å². The summed E-state index contributed by atoms with van der Waals surface area (Å²) in [4.78, 5) is 0. The summed E-state index contributed by atoms with van der Waals surface area (Å²) in [6.45, 7) is -0.322. The molecule has 1 N–H and O–H groups in total. The molecule has 0 aliphatic carbocycles. The van der Waals surface area contributed by atoms with Crippen molar-refractivity contribution in [3.05, 3.63) is 21.9 Å². The van der Waals surface area contributed by atoms with Crippen molar-refractivity contribution in [2.45, 2.75) is 6.61 Å². The molecule has 0 aliphatic rings. The molecule has 0 fully saturated rings. The molecular weight excluding hydrogens is 255 g/mol. The van der Waals surface area contributed by atoms with Crippen LogP contribution in [0.15, 0.2) is 10.5 Å². The van der Waals surface area contributed by atoms with E-state index >= 15 is 0 Å². The molecule has 0 aromatic heterocycles. The lowest BCUT2D eigenvalue weighted by molar-refractivity contribution is 0.267. The SMILES string of the molecule is COc1cc(F)c(Br)c(CO)c1OC. The average molecular weight is 265 g/mol. The Balaban J connectivity index is 3.42. The van der Waals surface area contributed by atoms with Crippen LogP contribution in [0.3, 0.4) is 0 Å². The molecule has 0 saturated heterocycles. The number of benzene rings is 1. The number of aliphatic hydroxyl groups is 1. The molecule has 0 bridgehead atoms. The summed E-state index contributed by atoms with van der Waals surface area (Å²) in [6.07, 6.45) is 0. The summed E-state index contributed by atoms with van der Waals surface area (Å²) in [5.41, 5.74) is 0.337. The van der Waals surface area contributed by atoms with Crippen LogP contribution in [0.5, 0.6) is 11.5 Å². The van der Waals surface area contributed by atoms with Gasteiger partial charge in [0.2, 0.25) is 0 Å². The van der Waals surface area contributed by atoms with E-state index in [0.717, 1.165) is 0 Å². The molecule has 1 rings (SSSR count). The zero-order valence-electron chi connectivity index (χ0n) is 7.80. The average Bonchev–Trinajstić information content (AvgIpc) is 2.20. The monoisotopic (exact) mass is 264 g/mol. The number of hydrogen-bond donors (Lipinski definition) is 1. The minimum absolute atomic E-state index is 0.192. The highest BCUT2D eigenvalue weighted by molar-refractivity contribution is 9.10. The van der Waals surface area contributed by atoms with Crippen LogP contribution in [0.4, 0.5) is 4.39 Å². The molecule has 0 spiro atoms. The predicted molar refractivity (Wildman–Crippen MR) is 53.1 cm³/mol. The third kappa shape index (κ3) is 1.83. The van der Waals surface area contributed by atoms with Crippen molar-refractivity contribution in [2.75, 3.05) is 14.2 Å².